The molecule has 0 aliphatic carbocycles. The summed E-state index contributed by atoms with van der Waals surface area (Å²) in [5.74, 6) is 0.0244. The molecule has 0 atom stereocenters. The minimum absolute atomic E-state index is 0.0244. The average molecular weight is 192 g/mol. The predicted molar refractivity (Wildman–Crippen MR) is 56.0 cm³/mol. The Labute approximate surface area is 84.6 Å². The fourth-order valence-corrected chi connectivity index (χ4v) is 1.14. The van der Waals surface area contributed by atoms with E-state index < -0.39 is 0 Å². The van der Waals surface area contributed by atoms with E-state index in [1.165, 1.54) is 0 Å². The predicted octanol–water partition coefficient (Wildman–Crippen LogP) is 1.46. The minimum atomic E-state index is 0.0244. The topological polar surface area (TPSA) is 42.0 Å². The zero-order chi connectivity index (χ0) is 10.6. The first-order valence-corrected chi connectivity index (χ1v) is 4.79. The summed E-state index contributed by atoms with van der Waals surface area (Å²) in [5.41, 5.74) is 1.92. The smallest absolute Gasteiger partial charge is 0.226 e. The summed E-state index contributed by atoms with van der Waals surface area (Å²) in [6, 6.07) is 4.04. The number of amides is 1. The van der Waals surface area contributed by atoms with Crippen molar-refractivity contribution in [2.24, 2.45) is 0 Å². The summed E-state index contributed by atoms with van der Waals surface area (Å²) in [7, 11) is 0. The molecule has 0 radical (unpaired) electrons. The number of nitrogens with zero attached hydrogens (tertiary/aromatic N) is 1. The molecule has 1 N–H and O–H groups in total. The molecule has 0 unspecified atom stereocenters. The zero-order valence-electron chi connectivity index (χ0n) is 8.87. The van der Waals surface area contributed by atoms with E-state index in [2.05, 4.69) is 10.3 Å². The van der Waals surface area contributed by atoms with Gasteiger partial charge in [-0.1, -0.05) is 6.07 Å². The van der Waals surface area contributed by atoms with Crippen molar-refractivity contribution in [2.45, 2.75) is 33.2 Å². The van der Waals surface area contributed by atoms with Crippen LogP contribution >= 0.6 is 0 Å². The molecule has 3 nitrogen and oxygen atoms in total. The van der Waals surface area contributed by atoms with Crippen LogP contribution < -0.4 is 5.32 Å². The molecule has 0 aliphatic rings. The third-order valence-corrected chi connectivity index (χ3v) is 1.76. The largest absolute Gasteiger partial charge is 0.354 e. The zero-order valence-corrected chi connectivity index (χ0v) is 8.87. The van der Waals surface area contributed by atoms with E-state index in [1.807, 2.05) is 32.9 Å². The van der Waals surface area contributed by atoms with Gasteiger partial charge in [0.05, 0.1) is 6.42 Å². The lowest BCUT2D eigenvalue weighted by molar-refractivity contribution is -0.120. The van der Waals surface area contributed by atoms with Crippen LogP contribution in [0.2, 0.25) is 0 Å². The molecular formula is C11H16N2O. The lowest BCUT2D eigenvalue weighted by Gasteiger charge is -2.07. The van der Waals surface area contributed by atoms with Crippen LogP contribution in [0.25, 0.3) is 0 Å². The van der Waals surface area contributed by atoms with Crippen molar-refractivity contribution in [1.82, 2.24) is 10.3 Å². The van der Waals surface area contributed by atoms with Crippen molar-refractivity contribution in [1.29, 1.82) is 0 Å². The summed E-state index contributed by atoms with van der Waals surface area (Å²) in [5, 5.41) is 2.83. The minimum Gasteiger partial charge on any atom is -0.354 e. The molecule has 3 heteroatoms. The van der Waals surface area contributed by atoms with Gasteiger partial charge in [0, 0.05) is 17.9 Å². The summed E-state index contributed by atoms with van der Waals surface area (Å²) in [6.07, 6.45) is 2.14. The van der Waals surface area contributed by atoms with Crippen molar-refractivity contribution in [3.63, 3.8) is 0 Å². The van der Waals surface area contributed by atoms with Gasteiger partial charge in [0.25, 0.3) is 0 Å². The first-order chi connectivity index (χ1) is 6.58. The number of carbonyl (C=O) groups excluding carboxylic acids is 1. The molecule has 76 valence electrons. The number of nitrogens with one attached hydrogen (secondary N) is 1. The van der Waals surface area contributed by atoms with Crippen LogP contribution in [0.4, 0.5) is 0 Å². The molecule has 1 heterocycles. The van der Waals surface area contributed by atoms with Gasteiger partial charge in [0.1, 0.15) is 0 Å². The Bertz CT molecular complexity index is 304. The molecule has 0 spiro atoms. The van der Waals surface area contributed by atoms with E-state index in [4.69, 9.17) is 0 Å². The van der Waals surface area contributed by atoms with Crippen LogP contribution in [0.3, 0.4) is 0 Å². The van der Waals surface area contributed by atoms with Crippen LogP contribution in [0.5, 0.6) is 0 Å². The Hall–Kier alpha value is -1.38. The van der Waals surface area contributed by atoms with Crippen molar-refractivity contribution in [2.75, 3.05) is 0 Å². The molecular weight excluding hydrogens is 176 g/mol. The van der Waals surface area contributed by atoms with E-state index in [-0.39, 0.29) is 11.9 Å². The van der Waals surface area contributed by atoms with Crippen molar-refractivity contribution >= 4 is 5.91 Å². The van der Waals surface area contributed by atoms with Gasteiger partial charge in [-0.2, -0.15) is 0 Å². The molecule has 0 bridgehead atoms. The maximum absolute atomic E-state index is 11.4. The van der Waals surface area contributed by atoms with Gasteiger partial charge in [-0.15, -0.1) is 0 Å². The van der Waals surface area contributed by atoms with E-state index >= 15 is 0 Å². The first kappa shape index (κ1) is 10.7. The molecule has 1 aromatic heterocycles. The maximum atomic E-state index is 11.4. The number of aryl methyl sites for hydroxylation is 1. The normalized spacial score (nSPS) is 10.3. The van der Waals surface area contributed by atoms with Crippen LogP contribution in [0.15, 0.2) is 18.3 Å². The summed E-state index contributed by atoms with van der Waals surface area (Å²) >= 11 is 0. The second-order valence-electron chi connectivity index (χ2n) is 3.73. The van der Waals surface area contributed by atoms with Crippen LogP contribution in [0.1, 0.15) is 25.1 Å². The highest BCUT2D eigenvalue weighted by molar-refractivity contribution is 5.78. The van der Waals surface area contributed by atoms with E-state index in [0.29, 0.717) is 6.42 Å². The second-order valence-corrected chi connectivity index (χ2v) is 3.73. The number of pyridine rings is 1. The van der Waals surface area contributed by atoms with Gasteiger partial charge < -0.3 is 5.32 Å². The third-order valence-electron chi connectivity index (χ3n) is 1.76. The highest BCUT2D eigenvalue weighted by Crippen LogP contribution is 1.99. The molecule has 1 aromatic rings. The quantitative estimate of drug-likeness (QED) is 0.787. The number of hydrogen-bond acceptors (Lipinski definition) is 2. The lowest BCUT2D eigenvalue weighted by Crippen LogP contribution is -2.31. The van der Waals surface area contributed by atoms with Crippen LogP contribution in [-0.2, 0) is 11.2 Å². The molecule has 0 saturated carbocycles. The lowest BCUT2D eigenvalue weighted by atomic mass is 10.2. The van der Waals surface area contributed by atoms with Gasteiger partial charge in [0.15, 0.2) is 0 Å². The highest BCUT2D eigenvalue weighted by Gasteiger charge is 2.04. The molecule has 0 aromatic carbocycles. The number of rotatable bonds is 3. The van der Waals surface area contributed by atoms with Gasteiger partial charge in [0.2, 0.25) is 5.91 Å². The van der Waals surface area contributed by atoms with Crippen molar-refractivity contribution in [3.8, 4) is 0 Å². The number of aromatic nitrogens is 1. The Morgan fingerprint density at radius 2 is 2.21 bits per heavy atom. The summed E-state index contributed by atoms with van der Waals surface area (Å²) < 4.78 is 0. The van der Waals surface area contributed by atoms with Crippen LogP contribution in [0, 0.1) is 6.92 Å². The van der Waals surface area contributed by atoms with Gasteiger partial charge >= 0.3 is 0 Å². The monoisotopic (exact) mass is 192 g/mol. The van der Waals surface area contributed by atoms with Crippen molar-refractivity contribution in [3.05, 3.63) is 29.6 Å². The van der Waals surface area contributed by atoms with Gasteiger partial charge in [-0.25, -0.2) is 0 Å². The second kappa shape index (κ2) is 4.74. The van der Waals surface area contributed by atoms with E-state index in [1.54, 1.807) is 6.20 Å². The van der Waals surface area contributed by atoms with E-state index in [0.717, 1.165) is 11.3 Å². The Morgan fingerprint density at radius 1 is 1.50 bits per heavy atom. The fourth-order valence-electron chi connectivity index (χ4n) is 1.14. The van der Waals surface area contributed by atoms with E-state index in [9.17, 15) is 4.79 Å². The van der Waals surface area contributed by atoms with Gasteiger partial charge in [-0.05, 0) is 32.4 Å². The molecule has 14 heavy (non-hydrogen) atoms. The molecule has 0 fully saturated rings. The standard InChI is InChI=1S/C11H16N2O/c1-8(2)13-11(14)6-10-5-4-9(3)7-12-10/h4-5,7-8H,6H2,1-3H3,(H,13,14). The summed E-state index contributed by atoms with van der Waals surface area (Å²) in [6.45, 7) is 5.87. The SMILES string of the molecule is Cc1ccc(CC(=O)NC(C)C)nc1. The fraction of sp³-hybridized carbons (Fsp3) is 0.455. The highest BCUT2D eigenvalue weighted by atomic mass is 16.1. The number of hydrogen-bond donors (Lipinski definition) is 1. The maximum Gasteiger partial charge on any atom is 0.226 e. The van der Waals surface area contributed by atoms with Crippen molar-refractivity contribution < 1.29 is 4.79 Å². The molecule has 0 saturated heterocycles. The molecule has 1 amide bonds. The first-order valence-electron chi connectivity index (χ1n) is 4.79. The third kappa shape index (κ3) is 3.56. The Kier molecular flexibility index (Phi) is 3.63. The Morgan fingerprint density at radius 3 is 2.71 bits per heavy atom. The molecule has 1 rings (SSSR count). The van der Waals surface area contributed by atoms with Gasteiger partial charge in [-0.3, -0.25) is 9.78 Å². The number of carbonyl (C=O) groups is 1. The average Bonchev–Trinajstić information content (AvgIpc) is 2.07. The van der Waals surface area contributed by atoms with Crippen LogP contribution in [-0.4, -0.2) is 16.9 Å². The summed E-state index contributed by atoms with van der Waals surface area (Å²) in [4.78, 5) is 15.5. The molecule has 0 aliphatic heterocycles. The Balaban J connectivity index is 2.52.